The van der Waals surface area contributed by atoms with Gasteiger partial charge in [0.2, 0.25) is 16.0 Å². The van der Waals surface area contributed by atoms with Crippen molar-refractivity contribution < 1.29 is 21.6 Å². The summed E-state index contributed by atoms with van der Waals surface area (Å²) in [5.74, 6) is 0.0332. The van der Waals surface area contributed by atoms with E-state index in [4.69, 9.17) is 0 Å². The van der Waals surface area contributed by atoms with Crippen molar-refractivity contribution in [3.05, 3.63) is 35.7 Å². The number of imidazole rings is 1. The molecule has 0 bridgehead atoms. The highest BCUT2D eigenvalue weighted by Gasteiger charge is 2.42. The number of anilines is 1. The van der Waals surface area contributed by atoms with Gasteiger partial charge in [0.25, 0.3) is 0 Å². The van der Waals surface area contributed by atoms with E-state index in [2.05, 4.69) is 20.3 Å². The molecule has 0 spiro atoms. The van der Waals surface area contributed by atoms with Crippen LogP contribution in [0.5, 0.6) is 0 Å². The molecule has 0 saturated carbocycles. The third-order valence-corrected chi connectivity index (χ3v) is 6.36. The van der Waals surface area contributed by atoms with Crippen molar-refractivity contribution in [3.63, 3.8) is 0 Å². The van der Waals surface area contributed by atoms with Crippen molar-refractivity contribution in [2.24, 2.45) is 7.05 Å². The molecular weight excluding hydrogens is 397 g/mol. The summed E-state index contributed by atoms with van der Waals surface area (Å²) < 4.78 is 65.2. The van der Waals surface area contributed by atoms with E-state index in [-0.39, 0.29) is 19.0 Å². The van der Waals surface area contributed by atoms with Crippen LogP contribution in [0.15, 0.2) is 18.7 Å². The second-order valence-electron chi connectivity index (χ2n) is 6.95. The standard InChI is InChI=1S/C16H21F3N6O2S/c1-11-13(22-10-24(11)2)15(4-6-25(7-5-15)28(3,26)27)23-14-20-8-12(9-21-14)16(17,18)19/h8-10H,4-7H2,1-3H3,(H,20,21,23). The Morgan fingerprint density at radius 3 is 2.14 bits per heavy atom. The first-order valence-corrected chi connectivity index (χ1v) is 10.4. The Morgan fingerprint density at radius 1 is 1.14 bits per heavy atom. The normalized spacial score (nSPS) is 18.2. The summed E-state index contributed by atoms with van der Waals surface area (Å²) in [5.41, 5.74) is -0.154. The first-order chi connectivity index (χ1) is 12.9. The largest absolute Gasteiger partial charge is 0.419 e. The number of hydrogen-bond donors (Lipinski definition) is 1. The number of nitrogens with one attached hydrogen (secondary N) is 1. The van der Waals surface area contributed by atoms with Gasteiger partial charge in [-0.15, -0.1) is 0 Å². The second kappa shape index (κ2) is 6.99. The van der Waals surface area contributed by atoms with Crippen LogP contribution in [-0.4, -0.2) is 51.6 Å². The molecule has 0 unspecified atom stereocenters. The Bertz CT molecular complexity index is 948. The molecule has 0 atom stereocenters. The van der Waals surface area contributed by atoms with Crippen molar-refractivity contribution in [1.82, 2.24) is 23.8 Å². The summed E-state index contributed by atoms with van der Waals surface area (Å²) in [4.78, 5) is 12.1. The summed E-state index contributed by atoms with van der Waals surface area (Å²) in [5, 5.41) is 3.13. The molecule has 1 aliphatic rings. The van der Waals surface area contributed by atoms with Crippen LogP contribution in [0.1, 0.15) is 29.8 Å². The molecule has 154 valence electrons. The zero-order valence-corrected chi connectivity index (χ0v) is 16.5. The molecule has 1 N–H and O–H groups in total. The number of rotatable bonds is 4. The molecule has 0 radical (unpaired) electrons. The SMILES string of the molecule is Cc1c(C2(Nc3ncc(C(F)(F)F)cn3)CCN(S(C)(=O)=O)CC2)ncn1C. The molecule has 3 heterocycles. The van der Waals surface area contributed by atoms with Gasteiger partial charge in [-0.2, -0.15) is 13.2 Å². The quantitative estimate of drug-likeness (QED) is 0.815. The number of halogens is 3. The van der Waals surface area contributed by atoms with Gasteiger partial charge in [-0.25, -0.2) is 27.7 Å². The molecule has 1 aliphatic heterocycles. The Labute approximate surface area is 160 Å². The van der Waals surface area contributed by atoms with E-state index >= 15 is 0 Å². The molecule has 12 heteroatoms. The van der Waals surface area contributed by atoms with Gasteiger partial charge >= 0.3 is 6.18 Å². The number of alkyl halides is 3. The zero-order chi connectivity index (χ0) is 20.7. The van der Waals surface area contributed by atoms with Gasteiger partial charge in [-0.3, -0.25) is 0 Å². The second-order valence-corrected chi connectivity index (χ2v) is 8.93. The highest BCUT2D eigenvalue weighted by molar-refractivity contribution is 7.88. The van der Waals surface area contributed by atoms with Gasteiger partial charge in [0.15, 0.2) is 0 Å². The lowest BCUT2D eigenvalue weighted by Crippen LogP contribution is -2.49. The zero-order valence-electron chi connectivity index (χ0n) is 15.7. The molecule has 0 aromatic carbocycles. The van der Waals surface area contributed by atoms with Crippen LogP contribution in [0.3, 0.4) is 0 Å². The number of aryl methyl sites for hydroxylation is 1. The molecule has 8 nitrogen and oxygen atoms in total. The van der Waals surface area contributed by atoms with Crippen LogP contribution in [-0.2, 0) is 28.8 Å². The third kappa shape index (κ3) is 3.97. The average Bonchev–Trinajstić information content (AvgIpc) is 2.94. The van der Waals surface area contributed by atoms with Crippen LogP contribution in [0.4, 0.5) is 19.1 Å². The highest BCUT2D eigenvalue weighted by atomic mass is 32.2. The van der Waals surface area contributed by atoms with E-state index in [1.807, 2.05) is 18.5 Å². The maximum atomic E-state index is 12.8. The average molecular weight is 418 g/mol. The number of piperidine rings is 1. The smallest absolute Gasteiger partial charge is 0.343 e. The molecule has 28 heavy (non-hydrogen) atoms. The molecule has 3 rings (SSSR count). The van der Waals surface area contributed by atoms with E-state index in [0.717, 1.165) is 24.3 Å². The Balaban J connectivity index is 1.93. The molecule has 0 aliphatic carbocycles. The van der Waals surface area contributed by atoms with Crippen molar-refractivity contribution in [2.45, 2.75) is 31.5 Å². The molecule has 2 aromatic rings. The molecule has 1 fully saturated rings. The molecule has 0 amide bonds. The van der Waals surface area contributed by atoms with Crippen molar-refractivity contribution in [1.29, 1.82) is 0 Å². The summed E-state index contributed by atoms with van der Waals surface area (Å²) in [6.07, 6.45) is 0.474. The lowest BCUT2D eigenvalue weighted by atomic mass is 9.84. The minimum Gasteiger partial charge on any atom is -0.343 e. The Hall–Kier alpha value is -2.21. The predicted octanol–water partition coefficient (Wildman–Crippen LogP) is 1.90. The molecule has 2 aromatic heterocycles. The van der Waals surface area contributed by atoms with Crippen molar-refractivity contribution in [2.75, 3.05) is 24.7 Å². The predicted molar refractivity (Wildman–Crippen MR) is 95.9 cm³/mol. The third-order valence-electron chi connectivity index (χ3n) is 5.06. The summed E-state index contributed by atoms with van der Waals surface area (Å²) in [7, 11) is -1.50. The number of sulfonamides is 1. The highest BCUT2D eigenvalue weighted by Crippen LogP contribution is 2.37. The summed E-state index contributed by atoms with van der Waals surface area (Å²) >= 11 is 0. The lowest BCUT2D eigenvalue weighted by Gasteiger charge is -2.41. The minimum atomic E-state index is -4.52. The Kier molecular flexibility index (Phi) is 5.13. The van der Waals surface area contributed by atoms with Crippen LogP contribution in [0, 0.1) is 6.92 Å². The first kappa shape index (κ1) is 20.5. The van der Waals surface area contributed by atoms with Crippen LogP contribution in [0.2, 0.25) is 0 Å². The van der Waals surface area contributed by atoms with Gasteiger partial charge in [0.05, 0.1) is 29.4 Å². The van der Waals surface area contributed by atoms with Gasteiger partial charge < -0.3 is 9.88 Å². The van der Waals surface area contributed by atoms with Crippen molar-refractivity contribution >= 4 is 16.0 Å². The van der Waals surface area contributed by atoms with E-state index in [1.165, 1.54) is 4.31 Å². The minimum absolute atomic E-state index is 0.0332. The van der Waals surface area contributed by atoms with Crippen LogP contribution < -0.4 is 5.32 Å². The lowest BCUT2D eigenvalue weighted by molar-refractivity contribution is -0.138. The summed E-state index contributed by atoms with van der Waals surface area (Å²) in [6.45, 7) is 2.38. The van der Waals surface area contributed by atoms with E-state index in [1.54, 1.807) is 6.33 Å². The van der Waals surface area contributed by atoms with E-state index in [0.29, 0.717) is 18.5 Å². The van der Waals surface area contributed by atoms with E-state index < -0.39 is 27.3 Å². The van der Waals surface area contributed by atoms with Crippen LogP contribution in [0.25, 0.3) is 0 Å². The maximum absolute atomic E-state index is 12.8. The van der Waals surface area contributed by atoms with E-state index in [9.17, 15) is 21.6 Å². The maximum Gasteiger partial charge on any atom is 0.419 e. The van der Waals surface area contributed by atoms with Gasteiger partial charge in [0, 0.05) is 38.2 Å². The van der Waals surface area contributed by atoms with Gasteiger partial charge in [-0.1, -0.05) is 0 Å². The number of nitrogens with zero attached hydrogens (tertiary/aromatic N) is 5. The van der Waals surface area contributed by atoms with Crippen LogP contribution >= 0.6 is 0 Å². The fraction of sp³-hybridized carbons (Fsp3) is 0.562. The number of hydrogen-bond acceptors (Lipinski definition) is 6. The molecule has 1 saturated heterocycles. The Morgan fingerprint density at radius 2 is 1.71 bits per heavy atom. The first-order valence-electron chi connectivity index (χ1n) is 8.53. The topological polar surface area (TPSA) is 93.0 Å². The monoisotopic (exact) mass is 418 g/mol. The molecular formula is C16H21F3N6O2S. The van der Waals surface area contributed by atoms with Crippen molar-refractivity contribution in [3.8, 4) is 0 Å². The fourth-order valence-electron chi connectivity index (χ4n) is 3.33. The van der Waals surface area contributed by atoms with Gasteiger partial charge in [-0.05, 0) is 19.8 Å². The number of aromatic nitrogens is 4. The van der Waals surface area contributed by atoms with Gasteiger partial charge in [0.1, 0.15) is 0 Å². The fourth-order valence-corrected chi connectivity index (χ4v) is 4.18. The summed E-state index contributed by atoms with van der Waals surface area (Å²) in [6, 6.07) is 0.